The number of rotatable bonds is 6. The molecule has 25 heavy (non-hydrogen) atoms. The molecule has 0 radical (unpaired) electrons. The van der Waals surface area contributed by atoms with Crippen LogP contribution in [0.1, 0.15) is 5.69 Å². The first-order chi connectivity index (χ1) is 12.1. The van der Waals surface area contributed by atoms with Gasteiger partial charge in [-0.1, -0.05) is 29.8 Å². The van der Waals surface area contributed by atoms with E-state index in [9.17, 15) is 9.59 Å². The Labute approximate surface area is 153 Å². The minimum absolute atomic E-state index is 0.0168. The van der Waals surface area contributed by atoms with Crippen LogP contribution >= 0.6 is 23.4 Å². The van der Waals surface area contributed by atoms with E-state index in [-0.39, 0.29) is 17.9 Å². The van der Waals surface area contributed by atoms with Gasteiger partial charge in [-0.3, -0.25) is 9.59 Å². The van der Waals surface area contributed by atoms with Crippen LogP contribution in [0.4, 0.5) is 0 Å². The molecule has 0 fully saturated rings. The SMILES string of the molecule is O=C(Cc1n[nH]c(=O)c2ccccc12)OCCSc1ccc(Cl)cc1. The first-order valence-corrected chi connectivity index (χ1v) is 9.00. The van der Waals surface area contributed by atoms with Crippen LogP contribution < -0.4 is 5.56 Å². The minimum Gasteiger partial charge on any atom is -0.464 e. The van der Waals surface area contributed by atoms with Crippen molar-refractivity contribution >= 4 is 40.1 Å². The number of esters is 1. The Morgan fingerprint density at radius 1 is 1.12 bits per heavy atom. The van der Waals surface area contributed by atoms with Crippen molar-refractivity contribution in [2.75, 3.05) is 12.4 Å². The van der Waals surface area contributed by atoms with Crippen molar-refractivity contribution < 1.29 is 9.53 Å². The number of hydrogen-bond donors (Lipinski definition) is 1. The number of ether oxygens (including phenoxy) is 1. The summed E-state index contributed by atoms with van der Waals surface area (Å²) < 4.78 is 5.25. The van der Waals surface area contributed by atoms with Gasteiger partial charge in [0.1, 0.15) is 6.61 Å². The number of benzene rings is 2. The zero-order chi connectivity index (χ0) is 17.6. The van der Waals surface area contributed by atoms with Gasteiger partial charge < -0.3 is 4.74 Å². The van der Waals surface area contributed by atoms with Crippen LogP contribution in [0.5, 0.6) is 0 Å². The Kier molecular flexibility index (Phi) is 5.73. The zero-order valence-corrected chi connectivity index (χ0v) is 14.8. The Morgan fingerprint density at radius 3 is 2.60 bits per heavy atom. The number of aromatic nitrogens is 2. The minimum atomic E-state index is -0.374. The second kappa shape index (κ2) is 8.18. The molecule has 3 rings (SSSR count). The number of H-pyrrole nitrogens is 1. The fourth-order valence-electron chi connectivity index (χ4n) is 2.34. The number of fused-ring (bicyclic) bond motifs is 1. The molecule has 0 atom stereocenters. The van der Waals surface area contributed by atoms with Crippen LogP contribution in [0.2, 0.25) is 5.02 Å². The highest BCUT2D eigenvalue weighted by Crippen LogP contribution is 2.20. The summed E-state index contributed by atoms with van der Waals surface area (Å²) in [6, 6.07) is 14.5. The third-order valence-corrected chi connectivity index (χ3v) is 4.74. The fraction of sp³-hybridized carbons (Fsp3) is 0.167. The second-order valence-corrected chi connectivity index (χ2v) is 6.85. The summed E-state index contributed by atoms with van der Waals surface area (Å²) >= 11 is 7.42. The van der Waals surface area contributed by atoms with Gasteiger partial charge in [0.2, 0.25) is 0 Å². The zero-order valence-electron chi connectivity index (χ0n) is 13.2. The topological polar surface area (TPSA) is 72.0 Å². The fourth-order valence-corrected chi connectivity index (χ4v) is 3.20. The summed E-state index contributed by atoms with van der Waals surface area (Å²) in [6.07, 6.45) is 0.0168. The van der Waals surface area contributed by atoms with E-state index in [1.807, 2.05) is 24.3 Å². The van der Waals surface area contributed by atoms with Gasteiger partial charge >= 0.3 is 5.97 Å². The maximum atomic E-state index is 12.0. The van der Waals surface area contributed by atoms with E-state index >= 15 is 0 Å². The van der Waals surface area contributed by atoms with Crippen LogP contribution in [0.15, 0.2) is 58.2 Å². The normalized spacial score (nSPS) is 10.8. The van der Waals surface area contributed by atoms with Gasteiger partial charge in [0.25, 0.3) is 5.56 Å². The van der Waals surface area contributed by atoms with Crippen molar-refractivity contribution in [2.24, 2.45) is 0 Å². The maximum Gasteiger partial charge on any atom is 0.311 e. The number of hydrogen-bond acceptors (Lipinski definition) is 5. The molecule has 7 heteroatoms. The van der Waals surface area contributed by atoms with E-state index in [0.29, 0.717) is 33.8 Å². The lowest BCUT2D eigenvalue weighted by atomic mass is 10.1. The number of aromatic amines is 1. The highest BCUT2D eigenvalue weighted by molar-refractivity contribution is 7.99. The molecule has 0 bridgehead atoms. The lowest BCUT2D eigenvalue weighted by molar-refractivity contribution is -0.142. The lowest BCUT2D eigenvalue weighted by Crippen LogP contribution is -2.16. The van der Waals surface area contributed by atoms with Gasteiger partial charge in [0.15, 0.2) is 0 Å². The molecular weight excluding hydrogens is 360 g/mol. The van der Waals surface area contributed by atoms with Gasteiger partial charge in [0, 0.05) is 21.1 Å². The molecule has 1 aromatic heterocycles. The largest absolute Gasteiger partial charge is 0.464 e. The number of thioether (sulfide) groups is 1. The molecule has 3 aromatic rings. The number of halogens is 1. The Morgan fingerprint density at radius 2 is 1.84 bits per heavy atom. The van der Waals surface area contributed by atoms with Crippen LogP contribution in [0.25, 0.3) is 10.8 Å². The van der Waals surface area contributed by atoms with Crippen molar-refractivity contribution in [1.82, 2.24) is 10.2 Å². The Hall–Kier alpha value is -2.31. The van der Waals surface area contributed by atoms with E-state index in [1.54, 1.807) is 36.0 Å². The van der Waals surface area contributed by atoms with Crippen molar-refractivity contribution in [3.05, 3.63) is 69.6 Å². The van der Waals surface area contributed by atoms with Gasteiger partial charge in [-0.2, -0.15) is 5.10 Å². The highest BCUT2D eigenvalue weighted by atomic mass is 35.5. The van der Waals surface area contributed by atoms with E-state index in [2.05, 4.69) is 10.2 Å². The van der Waals surface area contributed by atoms with Crippen molar-refractivity contribution in [1.29, 1.82) is 0 Å². The predicted octanol–water partition coefficient (Wildman–Crippen LogP) is 3.45. The molecular formula is C18H15ClN2O3S. The molecule has 0 aliphatic heterocycles. The number of carbonyl (C=O) groups is 1. The number of nitrogens with one attached hydrogen (secondary N) is 1. The van der Waals surface area contributed by atoms with E-state index in [1.165, 1.54) is 0 Å². The van der Waals surface area contributed by atoms with Crippen molar-refractivity contribution in [3.8, 4) is 0 Å². The third-order valence-electron chi connectivity index (χ3n) is 3.52. The molecule has 5 nitrogen and oxygen atoms in total. The quantitative estimate of drug-likeness (QED) is 0.406. The summed E-state index contributed by atoms with van der Waals surface area (Å²) in [4.78, 5) is 24.8. The molecule has 0 saturated carbocycles. The van der Waals surface area contributed by atoms with Crippen molar-refractivity contribution in [3.63, 3.8) is 0 Å². The Balaban J connectivity index is 1.54. The van der Waals surface area contributed by atoms with E-state index in [4.69, 9.17) is 16.3 Å². The standard InChI is InChI=1S/C18H15ClN2O3S/c19-12-5-7-13(8-6-12)25-10-9-24-17(22)11-16-14-3-1-2-4-15(14)18(23)21-20-16/h1-8H,9-11H2,(H,21,23). The molecule has 0 unspecified atom stereocenters. The van der Waals surface area contributed by atoms with Gasteiger partial charge in [-0.25, -0.2) is 5.10 Å². The van der Waals surface area contributed by atoms with Gasteiger partial charge in [0.05, 0.1) is 17.5 Å². The molecule has 2 aromatic carbocycles. The van der Waals surface area contributed by atoms with E-state index < -0.39 is 0 Å². The van der Waals surface area contributed by atoms with Gasteiger partial charge in [-0.15, -0.1) is 11.8 Å². The molecule has 0 aliphatic carbocycles. The lowest BCUT2D eigenvalue weighted by Gasteiger charge is -2.06. The molecule has 0 saturated heterocycles. The first kappa shape index (κ1) is 17.5. The van der Waals surface area contributed by atoms with Crippen LogP contribution in [-0.2, 0) is 16.0 Å². The highest BCUT2D eigenvalue weighted by Gasteiger charge is 2.11. The second-order valence-electron chi connectivity index (χ2n) is 5.24. The average molecular weight is 375 g/mol. The molecule has 0 aliphatic rings. The van der Waals surface area contributed by atoms with Crippen molar-refractivity contribution in [2.45, 2.75) is 11.3 Å². The number of nitrogens with zero attached hydrogens (tertiary/aromatic N) is 1. The molecule has 0 amide bonds. The molecule has 128 valence electrons. The predicted molar refractivity (Wildman–Crippen MR) is 99.2 cm³/mol. The van der Waals surface area contributed by atoms with Gasteiger partial charge in [-0.05, 0) is 30.3 Å². The third kappa shape index (κ3) is 4.61. The summed E-state index contributed by atoms with van der Waals surface area (Å²) in [6.45, 7) is 0.299. The summed E-state index contributed by atoms with van der Waals surface area (Å²) in [7, 11) is 0. The maximum absolute atomic E-state index is 12.0. The van der Waals surface area contributed by atoms with Crippen LogP contribution in [0, 0.1) is 0 Å². The molecule has 1 N–H and O–H groups in total. The number of carbonyl (C=O) groups excluding carboxylic acids is 1. The Bertz CT molecular complexity index is 941. The van der Waals surface area contributed by atoms with E-state index in [0.717, 1.165) is 4.90 Å². The smallest absolute Gasteiger partial charge is 0.311 e. The molecule has 1 heterocycles. The average Bonchev–Trinajstić information content (AvgIpc) is 2.63. The molecule has 0 spiro atoms. The first-order valence-electron chi connectivity index (χ1n) is 7.64. The summed E-state index contributed by atoms with van der Waals surface area (Å²) in [5.74, 6) is 0.272. The van der Waals surface area contributed by atoms with Crippen LogP contribution in [0.3, 0.4) is 0 Å². The monoisotopic (exact) mass is 374 g/mol. The summed E-state index contributed by atoms with van der Waals surface area (Å²) in [5.41, 5.74) is 0.234. The summed E-state index contributed by atoms with van der Waals surface area (Å²) in [5, 5.41) is 8.26. The van der Waals surface area contributed by atoms with Crippen LogP contribution in [-0.4, -0.2) is 28.5 Å².